The molecule has 0 radical (unpaired) electrons. The molecule has 0 aliphatic carbocycles. The summed E-state index contributed by atoms with van der Waals surface area (Å²) in [6.07, 6.45) is 0.676. The van der Waals surface area contributed by atoms with E-state index in [-0.39, 0.29) is 11.8 Å². The van der Waals surface area contributed by atoms with Crippen molar-refractivity contribution in [3.05, 3.63) is 29.8 Å². The highest BCUT2D eigenvalue weighted by Gasteiger charge is 2.19. The molecule has 0 saturated heterocycles. The third-order valence-electron chi connectivity index (χ3n) is 2.32. The third-order valence-corrected chi connectivity index (χ3v) is 2.32. The molecule has 0 fully saturated rings. The largest absolute Gasteiger partial charge is 0.508 e. The number of hydrogen-bond donors (Lipinski definition) is 2. The Labute approximate surface area is 88.4 Å². The molecule has 3 N–H and O–H groups in total. The normalized spacial score (nSPS) is 19.8. The zero-order valence-corrected chi connectivity index (χ0v) is 8.39. The Morgan fingerprint density at radius 1 is 1.53 bits per heavy atom. The number of nitrogens with zero attached hydrogens (tertiary/aromatic N) is 1. The molecule has 15 heavy (non-hydrogen) atoms. The Balaban J connectivity index is 2.13. The quantitative estimate of drug-likeness (QED) is 0.781. The highest BCUT2D eigenvalue weighted by molar-refractivity contribution is 5.78. The molecule has 1 aliphatic heterocycles. The van der Waals surface area contributed by atoms with Crippen LogP contribution in [0.4, 0.5) is 0 Å². The lowest BCUT2D eigenvalue weighted by Gasteiger charge is -2.04. The number of benzene rings is 1. The lowest BCUT2D eigenvalue weighted by Crippen LogP contribution is -2.07. The van der Waals surface area contributed by atoms with Crippen LogP contribution in [0.1, 0.15) is 18.0 Å². The van der Waals surface area contributed by atoms with Crippen LogP contribution in [0.3, 0.4) is 0 Å². The average molecular weight is 206 g/mol. The first-order valence-corrected chi connectivity index (χ1v) is 4.98. The van der Waals surface area contributed by atoms with Gasteiger partial charge in [0.25, 0.3) is 0 Å². The molecule has 2 rings (SSSR count). The minimum absolute atomic E-state index is 0.00125. The molecular weight excluding hydrogens is 192 g/mol. The van der Waals surface area contributed by atoms with Crippen molar-refractivity contribution in [2.75, 3.05) is 13.2 Å². The van der Waals surface area contributed by atoms with Crippen molar-refractivity contribution in [3.8, 4) is 5.75 Å². The third kappa shape index (κ3) is 2.27. The lowest BCUT2D eigenvalue weighted by atomic mass is 10.1. The standard InChI is InChI=1S/C11H14N2O2/c12-5-4-11-13-10(7-15-11)8-2-1-3-9(14)6-8/h1-3,6,10,14H,4-5,7,12H2. The molecule has 0 bridgehead atoms. The highest BCUT2D eigenvalue weighted by Crippen LogP contribution is 2.25. The number of aliphatic imine (C=N–C) groups is 1. The fourth-order valence-electron chi connectivity index (χ4n) is 1.59. The second-order valence-electron chi connectivity index (χ2n) is 3.48. The number of aromatic hydroxyl groups is 1. The SMILES string of the molecule is NCCC1=NC(c2cccc(O)c2)CO1. The molecule has 1 unspecified atom stereocenters. The maximum Gasteiger partial charge on any atom is 0.185 e. The summed E-state index contributed by atoms with van der Waals surface area (Å²) in [4.78, 5) is 4.39. The second-order valence-corrected chi connectivity index (χ2v) is 3.48. The van der Waals surface area contributed by atoms with Gasteiger partial charge in [-0.1, -0.05) is 12.1 Å². The first-order valence-electron chi connectivity index (χ1n) is 4.98. The molecule has 1 aromatic rings. The van der Waals surface area contributed by atoms with Crippen LogP contribution >= 0.6 is 0 Å². The smallest absolute Gasteiger partial charge is 0.185 e. The van der Waals surface area contributed by atoms with Gasteiger partial charge < -0.3 is 15.6 Å². The Bertz CT molecular complexity index is 377. The molecule has 1 aliphatic rings. The van der Waals surface area contributed by atoms with Gasteiger partial charge in [-0.15, -0.1) is 0 Å². The van der Waals surface area contributed by atoms with Gasteiger partial charge in [0.1, 0.15) is 18.4 Å². The predicted octanol–water partition coefficient (Wildman–Crippen LogP) is 1.21. The van der Waals surface area contributed by atoms with E-state index in [1.54, 1.807) is 18.2 Å². The van der Waals surface area contributed by atoms with Crippen LogP contribution in [0.15, 0.2) is 29.3 Å². The van der Waals surface area contributed by atoms with Crippen LogP contribution in [0, 0.1) is 0 Å². The van der Waals surface area contributed by atoms with Gasteiger partial charge in [0, 0.05) is 13.0 Å². The molecule has 1 aromatic carbocycles. The molecule has 0 saturated carbocycles. The molecule has 0 spiro atoms. The second kappa shape index (κ2) is 4.31. The minimum Gasteiger partial charge on any atom is -0.508 e. The Morgan fingerprint density at radius 3 is 3.13 bits per heavy atom. The van der Waals surface area contributed by atoms with Gasteiger partial charge >= 0.3 is 0 Å². The van der Waals surface area contributed by atoms with Crippen LogP contribution in [0.2, 0.25) is 0 Å². The zero-order chi connectivity index (χ0) is 10.7. The van der Waals surface area contributed by atoms with E-state index in [1.807, 2.05) is 6.07 Å². The van der Waals surface area contributed by atoms with E-state index >= 15 is 0 Å². The first-order chi connectivity index (χ1) is 7.29. The number of phenolic OH excluding ortho intramolecular Hbond substituents is 1. The number of phenols is 1. The topological polar surface area (TPSA) is 67.8 Å². The molecule has 4 nitrogen and oxygen atoms in total. The molecular formula is C11H14N2O2. The minimum atomic E-state index is -0.00125. The zero-order valence-electron chi connectivity index (χ0n) is 8.39. The molecule has 0 amide bonds. The van der Waals surface area contributed by atoms with E-state index < -0.39 is 0 Å². The van der Waals surface area contributed by atoms with Crippen LogP contribution in [-0.2, 0) is 4.74 Å². The van der Waals surface area contributed by atoms with Crippen molar-refractivity contribution in [1.29, 1.82) is 0 Å². The summed E-state index contributed by atoms with van der Waals surface area (Å²) in [7, 11) is 0. The molecule has 1 atom stereocenters. The van der Waals surface area contributed by atoms with Gasteiger partial charge in [0.15, 0.2) is 5.90 Å². The van der Waals surface area contributed by atoms with E-state index in [0.29, 0.717) is 25.5 Å². The monoisotopic (exact) mass is 206 g/mol. The van der Waals surface area contributed by atoms with Gasteiger partial charge in [-0.2, -0.15) is 0 Å². The summed E-state index contributed by atoms with van der Waals surface area (Å²) >= 11 is 0. The van der Waals surface area contributed by atoms with Gasteiger partial charge in [0.2, 0.25) is 0 Å². The van der Waals surface area contributed by atoms with E-state index in [9.17, 15) is 5.11 Å². The van der Waals surface area contributed by atoms with Gasteiger partial charge in [0.05, 0.1) is 0 Å². The Kier molecular flexibility index (Phi) is 2.87. The first kappa shape index (κ1) is 9.98. The number of nitrogens with two attached hydrogens (primary N) is 1. The van der Waals surface area contributed by atoms with E-state index in [4.69, 9.17) is 10.5 Å². The summed E-state index contributed by atoms with van der Waals surface area (Å²) in [5.41, 5.74) is 6.39. The van der Waals surface area contributed by atoms with E-state index in [2.05, 4.69) is 4.99 Å². The number of ether oxygens (including phenoxy) is 1. The summed E-state index contributed by atoms with van der Waals surface area (Å²) < 4.78 is 5.39. The maximum absolute atomic E-state index is 9.33. The number of hydrogen-bond acceptors (Lipinski definition) is 4. The van der Waals surface area contributed by atoms with Gasteiger partial charge in [-0.05, 0) is 17.7 Å². The molecule has 4 heteroatoms. The van der Waals surface area contributed by atoms with Crippen LogP contribution in [0.5, 0.6) is 5.75 Å². The summed E-state index contributed by atoms with van der Waals surface area (Å²) in [6, 6.07) is 7.09. The Hall–Kier alpha value is -1.55. The van der Waals surface area contributed by atoms with Gasteiger partial charge in [-0.25, -0.2) is 4.99 Å². The van der Waals surface area contributed by atoms with Crippen LogP contribution in [0.25, 0.3) is 0 Å². The highest BCUT2D eigenvalue weighted by atomic mass is 16.5. The van der Waals surface area contributed by atoms with Crippen molar-refractivity contribution >= 4 is 5.90 Å². The summed E-state index contributed by atoms with van der Waals surface area (Å²) in [6.45, 7) is 1.09. The van der Waals surface area contributed by atoms with Crippen molar-refractivity contribution in [1.82, 2.24) is 0 Å². The fraction of sp³-hybridized carbons (Fsp3) is 0.364. The van der Waals surface area contributed by atoms with Crippen molar-refractivity contribution in [2.45, 2.75) is 12.5 Å². The molecule has 1 heterocycles. The van der Waals surface area contributed by atoms with E-state index in [1.165, 1.54) is 0 Å². The summed E-state index contributed by atoms with van der Waals surface area (Å²) in [5.74, 6) is 0.973. The molecule has 80 valence electrons. The van der Waals surface area contributed by atoms with Crippen molar-refractivity contribution in [3.63, 3.8) is 0 Å². The maximum atomic E-state index is 9.33. The average Bonchev–Trinajstić information content (AvgIpc) is 2.67. The lowest BCUT2D eigenvalue weighted by molar-refractivity contribution is 0.312. The van der Waals surface area contributed by atoms with Gasteiger partial charge in [-0.3, -0.25) is 0 Å². The van der Waals surface area contributed by atoms with E-state index in [0.717, 1.165) is 5.56 Å². The van der Waals surface area contributed by atoms with Crippen molar-refractivity contribution < 1.29 is 9.84 Å². The van der Waals surface area contributed by atoms with Crippen LogP contribution < -0.4 is 5.73 Å². The summed E-state index contributed by atoms with van der Waals surface area (Å²) in [5, 5.41) is 9.33. The van der Waals surface area contributed by atoms with Crippen molar-refractivity contribution in [2.24, 2.45) is 10.7 Å². The Morgan fingerprint density at radius 2 is 2.40 bits per heavy atom. The number of rotatable bonds is 3. The predicted molar refractivity (Wildman–Crippen MR) is 57.9 cm³/mol. The molecule has 0 aromatic heterocycles. The van der Waals surface area contributed by atoms with Crippen LogP contribution in [-0.4, -0.2) is 24.2 Å². The fourth-order valence-corrected chi connectivity index (χ4v) is 1.59.